The fourth-order valence-corrected chi connectivity index (χ4v) is 3.04. The lowest BCUT2D eigenvalue weighted by atomic mass is 10.1. The van der Waals surface area contributed by atoms with Crippen molar-refractivity contribution in [1.82, 2.24) is 5.32 Å². The maximum absolute atomic E-state index is 12.6. The Bertz CT molecular complexity index is 787. The maximum Gasteiger partial charge on any atom is 0.253 e. The number of nitrogens with one attached hydrogen (secondary N) is 2. The van der Waals surface area contributed by atoms with Gasteiger partial charge in [0.05, 0.1) is 11.3 Å². The largest absolute Gasteiger partial charge is 0.350 e. The number of hydrogen-bond acceptors (Lipinski definition) is 2. The van der Waals surface area contributed by atoms with Crippen LogP contribution in [0.4, 0.5) is 5.69 Å². The van der Waals surface area contributed by atoms with Crippen molar-refractivity contribution in [3.05, 3.63) is 64.7 Å². The van der Waals surface area contributed by atoms with Crippen LogP contribution in [0, 0.1) is 5.92 Å². The Morgan fingerprint density at radius 2 is 1.76 bits per heavy atom. The quantitative estimate of drug-likeness (QED) is 0.842. The van der Waals surface area contributed by atoms with Crippen LogP contribution in [0.3, 0.4) is 0 Å². The van der Waals surface area contributed by atoms with Gasteiger partial charge in [0, 0.05) is 17.0 Å². The first-order valence-electron chi connectivity index (χ1n) is 8.42. The number of anilines is 1. The van der Waals surface area contributed by atoms with Crippen molar-refractivity contribution in [2.45, 2.75) is 32.2 Å². The molecule has 25 heavy (non-hydrogen) atoms. The average molecular weight is 357 g/mol. The van der Waals surface area contributed by atoms with Gasteiger partial charge in [0.25, 0.3) is 5.91 Å². The van der Waals surface area contributed by atoms with Crippen molar-refractivity contribution < 1.29 is 9.59 Å². The highest BCUT2D eigenvalue weighted by atomic mass is 35.5. The van der Waals surface area contributed by atoms with Gasteiger partial charge in [0.1, 0.15) is 0 Å². The van der Waals surface area contributed by atoms with Gasteiger partial charge in [-0.2, -0.15) is 0 Å². The Kier molecular flexibility index (Phi) is 5.09. The molecule has 1 fully saturated rings. The first-order valence-corrected chi connectivity index (χ1v) is 8.79. The fraction of sp³-hybridized carbons (Fsp3) is 0.300. The molecule has 4 nitrogen and oxygen atoms in total. The van der Waals surface area contributed by atoms with E-state index >= 15 is 0 Å². The highest BCUT2D eigenvalue weighted by Gasteiger charge is 2.44. The zero-order chi connectivity index (χ0) is 18.0. The molecule has 1 saturated carbocycles. The molecule has 0 radical (unpaired) electrons. The van der Waals surface area contributed by atoms with Gasteiger partial charge < -0.3 is 10.6 Å². The molecule has 1 aliphatic rings. The van der Waals surface area contributed by atoms with E-state index in [0.717, 1.165) is 12.0 Å². The molecule has 0 saturated heterocycles. The Balaban J connectivity index is 1.68. The van der Waals surface area contributed by atoms with Crippen LogP contribution in [0.25, 0.3) is 0 Å². The molecule has 1 aliphatic carbocycles. The van der Waals surface area contributed by atoms with Crippen LogP contribution in [0.2, 0.25) is 5.02 Å². The second kappa shape index (κ2) is 7.28. The fourth-order valence-electron chi connectivity index (χ4n) is 2.92. The lowest BCUT2D eigenvalue weighted by Crippen LogP contribution is -2.31. The molecule has 2 aromatic rings. The SMILES string of the molecule is CC(C)NC(=O)c1ccccc1NC(=O)C1CC1c1ccc(Cl)cc1. The van der Waals surface area contributed by atoms with Gasteiger partial charge in [-0.15, -0.1) is 0 Å². The summed E-state index contributed by atoms with van der Waals surface area (Å²) in [5.41, 5.74) is 2.15. The molecular weight excluding hydrogens is 336 g/mol. The number of carbonyl (C=O) groups is 2. The molecule has 2 unspecified atom stereocenters. The number of rotatable bonds is 5. The topological polar surface area (TPSA) is 58.2 Å². The van der Waals surface area contributed by atoms with E-state index < -0.39 is 0 Å². The average Bonchev–Trinajstić information content (AvgIpc) is 3.36. The summed E-state index contributed by atoms with van der Waals surface area (Å²) < 4.78 is 0. The molecule has 0 bridgehead atoms. The monoisotopic (exact) mass is 356 g/mol. The summed E-state index contributed by atoms with van der Waals surface area (Å²) in [6.45, 7) is 3.81. The van der Waals surface area contributed by atoms with Crippen molar-refractivity contribution in [3.8, 4) is 0 Å². The highest BCUT2D eigenvalue weighted by Crippen LogP contribution is 2.48. The molecule has 0 heterocycles. The van der Waals surface area contributed by atoms with E-state index in [1.165, 1.54) is 0 Å². The van der Waals surface area contributed by atoms with E-state index in [2.05, 4.69) is 10.6 Å². The van der Waals surface area contributed by atoms with Crippen LogP contribution < -0.4 is 10.6 Å². The van der Waals surface area contributed by atoms with Crippen LogP contribution in [-0.2, 0) is 4.79 Å². The van der Waals surface area contributed by atoms with Crippen LogP contribution >= 0.6 is 11.6 Å². The summed E-state index contributed by atoms with van der Waals surface area (Å²) in [4.78, 5) is 24.8. The van der Waals surface area contributed by atoms with Crippen LogP contribution in [0.5, 0.6) is 0 Å². The molecule has 0 spiro atoms. The zero-order valence-electron chi connectivity index (χ0n) is 14.3. The number of benzene rings is 2. The summed E-state index contributed by atoms with van der Waals surface area (Å²) in [7, 11) is 0. The van der Waals surface area contributed by atoms with Crippen molar-refractivity contribution in [2.24, 2.45) is 5.92 Å². The summed E-state index contributed by atoms with van der Waals surface area (Å²) in [5, 5.41) is 6.46. The Morgan fingerprint density at radius 1 is 1.08 bits per heavy atom. The van der Waals surface area contributed by atoms with Gasteiger partial charge in [-0.25, -0.2) is 0 Å². The van der Waals surface area contributed by atoms with Crippen molar-refractivity contribution in [2.75, 3.05) is 5.32 Å². The van der Waals surface area contributed by atoms with Gasteiger partial charge in [-0.3, -0.25) is 9.59 Å². The predicted molar refractivity (Wildman–Crippen MR) is 100.0 cm³/mol. The van der Waals surface area contributed by atoms with E-state index in [4.69, 9.17) is 11.6 Å². The second-order valence-electron chi connectivity index (χ2n) is 6.66. The normalized spacial score (nSPS) is 18.7. The first kappa shape index (κ1) is 17.5. The predicted octanol–water partition coefficient (Wildman–Crippen LogP) is 4.22. The number of halogens is 1. The number of hydrogen-bond donors (Lipinski definition) is 2. The Morgan fingerprint density at radius 3 is 2.44 bits per heavy atom. The third-order valence-corrected chi connectivity index (χ3v) is 4.53. The molecule has 2 amide bonds. The molecule has 130 valence electrons. The summed E-state index contributed by atoms with van der Waals surface area (Å²) >= 11 is 5.91. The van der Waals surface area contributed by atoms with Crippen LogP contribution in [-0.4, -0.2) is 17.9 Å². The number of para-hydroxylation sites is 1. The van der Waals surface area contributed by atoms with E-state index in [0.29, 0.717) is 16.3 Å². The van der Waals surface area contributed by atoms with Gasteiger partial charge >= 0.3 is 0 Å². The molecule has 2 atom stereocenters. The summed E-state index contributed by atoms with van der Waals surface area (Å²) in [6.07, 6.45) is 0.813. The van der Waals surface area contributed by atoms with Gasteiger partial charge in [-0.05, 0) is 56.0 Å². The molecule has 3 rings (SSSR count). The summed E-state index contributed by atoms with van der Waals surface area (Å²) in [6, 6.07) is 14.7. The van der Waals surface area contributed by atoms with Crippen molar-refractivity contribution >= 4 is 29.1 Å². The lowest BCUT2D eigenvalue weighted by Gasteiger charge is -2.13. The standard InChI is InChI=1S/C20H21ClN2O2/c1-12(2)22-19(24)15-5-3-4-6-18(15)23-20(25)17-11-16(17)13-7-9-14(21)10-8-13/h3-10,12,16-17H,11H2,1-2H3,(H,22,24)(H,23,25). The van der Waals surface area contributed by atoms with Crippen molar-refractivity contribution in [1.29, 1.82) is 0 Å². The zero-order valence-corrected chi connectivity index (χ0v) is 15.0. The minimum absolute atomic E-state index is 0.0361. The molecule has 0 aromatic heterocycles. The van der Waals surface area contributed by atoms with Gasteiger partial charge in [0.15, 0.2) is 0 Å². The smallest absolute Gasteiger partial charge is 0.253 e. The van der Waals surface area contributed by atoms with E-state index in [1.807, 2.05) is 44.2 Å². The van der Waals surface area contributed by atoms with Crippen molar-refractivity contribution in [3.63, 3.8) is 0 Å². The molecule has 5 heteroatoms. The third-order valence-electron chi connectivity index (χ3n) is 4.27. The number of amides is 2. The molecule has 2 N–H and O–H groups in total. The van der Waals surface area contributed by atoms with Gasteiger partial charge in [0.2, 0.25) is 5.91 Å². The summed E-state index contributed by atoms with van der Waals surface area (Å²) in [5.74, 6) is -0.0861. The van der Waals surface area contributed by atoms with Gasteiger partial charge in [-0.1, -0.05) is 35.9 Å². The minimum atomic E-state index is -0.184. The highest BCUT2D eigenvalue weighted by molar-refractivity contribution is 6.30. The minimum Gasteiger partial charge on any atom is -0.350 e. The molecule has 0 aliphatic heterocycles. The number of carbonyl (C=O) groups excluding carboxylic acids is 2. The lowest BCUT2D eigenvalue weighted by molar-refractivity contribution is -0.117. The first-order chi connectivity index (χ1) is 12.0. The molecule has 2 aromatic carbocycles. The maximum atomic E-state index is 12.6. The van der Waals surface area contributed by atoms with E-state index in [1.54, 1.807) is 18.2 Å². The third kappa shape index (κ3) is 4.20. The Hall–Kier alpha value is -2.33. The van der Waals surface area contributed by atoms with E-state index in [9.17, 15) is 9.59 Å². The van der Waals surface area contributed by atoms with Crippen LogP contribution in [0.1, 0.15) is 42.1 Å². The Labute approximate surface area is 152 Å². The second-order valence-corrected chi connectivity index (χ2v) is 7.10. The molecular formula is C20H21ClN2O2. The van der Waals surface area contributed by atoms with E-state index in [-0.39, 0.29) is 29.7 Å². The van der Waals surface area contributed by atoms with Crippen LogP contribution in [0.15, 0.2) is 48.5 Å².